The molecule has 24 heavy (non-hydrogen) atoms. The van der Waals surface area contributed by atoms with Crippen molar-refractivity contribution in [2.75, 3.05) is 20.2 Å². The van der Waals surface area contributed by atoms with Gasteiger partial charge in [-0.2, -0.15) is 0 Å². The van der Waals surface area contributed by atoms with Gasteiger partial charge in [-0.05, 0) is 55.3 Å². The molecule has 2 aromatic carbocycles. The first-order valence-corrected chi connectivity index (χ1v) is 9.08. The van der Waals surface area contributed by atoms with Crippen LogP contribution in [-0.2, 0) is 22.9 Å². The minimum absolute atomic E-state index is 0. The molecule has 5 nitrogen and oxygen atoms in total. The van der Waals surface area contributed by atoms with Crippen LogP contribution in [0.15, 0.2) is 41.3 Å². The first-order valence-electron chi connectivity index (χ1n) is 7.53. The Labute approximate surface area is 148 Å². The second-order valence-electron chi connectivity index (χ2n) is 5.61. The van der Waals surface area contributed by atoms with E-state index in [1.54, 1.807) is 13.2 Å². The van der Waals surface area contributed by atoms with E-state index in [2.05, 4.69) is 5.32 Å². The van der Waals surface area contributed by atoms with Crippen LogP contribution in [0.5, 0.6) is 5.75 Å². The number of primary sulfonamides is 1. The fraction of sp³-hybridized carbons (Fsp3) is 0.294. The van der Waals surface area contributed by atoms with E-state index in [0.29, 0.717) is 11.3 Å². The van der Waals surface area contributed by atoms with Crippen LogP contribution in [0.1, 0.15) is 11.1 Å². The van der Waals surface area contributed by atoms with Crippen LogP contribution >= 0.6 is 12.4 Å². The molecule has 130 valence electrons. The highest BCUT2D eigenvalue weighted by atomic mass is 35.5. The Morgan fingerprint density at radius 3 is 2.29 bits per heavy atom. The molecule has 1 aliphatic rings. The minimum atomic E-state index is -3.83. The maximum absolute atomic E-state index is 12.1. The summed E-state index contributed by atoms with van der Waals surface area (Å²) < 4.78 is 29.6. The summed E-state index contributed by atoms with van der Waals surface area (Å²) in [7, 11) is -2.26. The van der Waals surface area contributed by atoms with Gasteiger partial charge in [0.1, 0.15) is 5.75 Å². The van der Waals surface area contributed by atoms with Crippen molar-refractivity contribution in [1.82, 2.24) is 5.32 Å². The van der Waals surface area contributed by atoms with Gasteiger partial charge in [0.25, 0.3) is 0 Å². The fourth-order valence-corrected chi connectivity index (χ4v) is 3.80. The molecular weight excluding hydrogens is 348 g/mol. The Morgan fingerprint density at radius 2 is 1.67 bits per heavy atom. The molecule has 0 atom stereocenters. The van der Waals surface area contributed by atoms with Crippen molar-refractivity contribution in [3.63, 3.8) is 0 Å². The summed E-state index contributed by atoms with van der Waals surface area (Å²) in [6.45, 7) is 1.72. The number of hydrogen-bond acceptors (Lipinski definition) is 4. The predicted octanol–water partition coefficient (Wildman–Crippen LogP) is 2.12. The Balaban J connectivity index is 0.00000208. The zero-order chi connectivity index (χ0) is 16.4. The van der Waals surface area contributed by atoms with Crippen LogP contribution in [0.2, 0.25) is 0 Å². The lowest BCUT2D eigenvalue weighted by Gasteiger charge is -2.16. The standard InChI is InChI=1S/C17H20N2O3S.ClH/c1-22-16-5-3-2-4-14(16)15-10-12-6-8-19-9-7-13(12)11-17(15)23(18,20)21;/h2-5,10-11,19H,6-9H2,1H3,(H2,18,20,21);1H. The number of benzene rings is 2. The second-order valence-corrected chi connectivity index (χ2v) is 7.14. The van der Waals surface area contributed by atoms with Crippen LogP contribution < -0.4 is 15.2 Å². The van der Waals surface area contributed by atoms with Crippen molar-refractivity contribution >= 4 is 22.4 Å². The number of halogens is 1. The molecule has 0 amide bonds. The van der Waals surface area contributed by atoms with E-state index in [0.717, 1.165) is 42.6 Å². The number of rotatable bonds is 3. The third kappa shape index (κ3) is 3.72. The molecule has 0 saturated heterocycles. The summed E-state index contributed by atoms with van der Waals surface area (Å²) in [5.41, 5.74) is 3.53. The molecule has 0 saturated carbocycles. The van der Waals surface area contributed by atoms with E-state index in [1.165, 1.54) is 0 Å². The summed E-state index contributed by atoms with van der Waals surface area (Å²) >= 11 is 0. The van der Waals surface area contributed by atoms with Gasteiger partial charge < -0.3 is 10.1 Å². The first-order chi connectivity index (χ1) is 11.0. The van der Waals surface area contributed by atoms with Gasteiger partial charge in [-0.25, -0.2) is 13.6 Å². The number of fused-ring (bicyclic) bond motifs is 1. The molecular formula is C17H21ClN2O3S. The maximum atomic E-state index is 12.1. The average Bonchev–Trinajstić information content (AvgIpc) is 2.77. The highest BCUT2D eigenvalue weighted by Crippen LogP contribution is 2.36. The summed E-state index contributed by atoms with van der Waals surface area (Å²) in [5.74, 6) is 0.629. The van der Waals surface area contributed by atoms with Crippen LogP contribution in [0, 0.1) is 0 Å². The molecule has 7 heteroatoms. The van der Waals surface area contributed by atoms with Gasteiger partial charge in [0.05, 0.1) is 12.0 Å². The molecule has 0 aliphatic carbocycles. The van der Waals surface area contributed by atoms with Crippen molar-refractivity contribution in [3.05, 3.63) is 47.5 Å². The summed E-state index contributed by atoms with van der Waals surface area (Å²) in [4.78, 5) is 0.155. The zero-order valence-electron chi connectivity index (χ0n) is 13.4. The van der Waals surface area contributed by atoms with Gasteiger partial charge in [-0.3, -0.25) is 0 Å². The van der Waals surface area contributed by atoms with E-state index < -0.39 is 10.0 Å². The molecule has 3 N–H and O–H groups in total. The van der Waals surface area contributed by atoms with Crippen LogP contribution in [0.25, 0.3) is 11.1 Å². The van der Waals surface area contributed by atoms with Crippen molar-refractivity contribution in [3.8, 4) is 16.9 Å². The molecule has 0 bridgehead atoms. The fourth-order valence-electron chi connectivity index (χ4n) is 3.02. The molecule has 1 aliphatic heterocycles. The van der Waals surface area contributed by atoms with Gasteiger partial charge in [0.15, 0.2) is 0 Å². The molecule has 0 aromatic heterocycles. The molecule has 1 heterocycles. The third-order valence-electron chi connectivity index (χ3n) is 4.15. The van der Waals surface area contributed by atoms with Crippen molar-refractivity contribution in [2.24, 2.45) is 5.14 Å². The van der Waals surface area contributed by atoms with E-state index in [1.807, 2.05) is 30.3 Å². The van der Waals surface area contributed by atoms with Crippen LogP contribution in [-0.4, -0.2) is 28.6 Å². The van der Waals surface area contributed by atoms with E-state index in [4.69, 9.17) is 9.88 Å². The first kappa shape index (κ1) is 18.7. The molecule has 0 radical (unpaired) electrons. The smallest absolute Gasteiger partial charge is 0.238 e. The predicted molar refractivity (Wildman–Crippen MR) is 97.3 cm³/mol. The quantitative estimate of drug-likeness (QED) is 0.869. The van der Waals surface area contributed by atoms with Gasteiger partial charge in [-0.1, -0.05) is 18.2 Å². The summed E-state index contributed by atoms with van der Waals surface area (Å²) in [6.07, 6.45) is 1.66. The lowest BCUT2D eigenvalue weighted by atomic mass is 9.96. The highest BCUT2D eigenvalue weighted by molar-refractivity contribution is 7.89. The number of nitrogens with one attached hydrogen (secondary N) is 1. The van der Waals surface area contributed by atoms with Crippen LogP contribution in [0.3, 0.4) is 0 Å². The molecule has 0 unspecified atom stereocenters. The Bertz CT molecular complexity index is 838. The van der Waals surface area contributed by atoms with Crippen molar-refractivity contribution < 1.29 is 13.2 Å². The normalized spacial score (nSPS) is 14.2. The van der Waals surface area contributed by atoms with Gasteiger partial charge in [0, 0.05) is 11.1 Å². The average molecular weight is 369 g/mol. The Hall–Kier alpha value is -1.60. The summed E-state index contributed by atoms with van der Waals surface area (Å²) in [5, 5.41) is 8.80. The van der Waals surface area contributed by atoms with Crippen molar-refractivity contribution in [2.45, 2.75) is 17.7 Å². The zero-order valence-corrected chi connectivity index (χ0v) is 15.0. The minimum Gasteiger partial charge on any atom is -0.496 e. The topological polar surface area (TPSA) is 81.4 Å². The van der Waals surface area contributed by atoms with E-state index in [-0.39, 0.29) is 17.3 Å². The Kier molecular flexibility index (Phi) is 5.87. The SMILES string of the molecule is COc1ccccc1-c1cc2c(cc1S(N)(=O)=O)CCNCC2.Cl. The van der Waals surface area contributed by atoms with Gasteiger partial charge >= 0.3 is 0 Å². The molecule has 0 spiro atoms. The number of para-hydroxylation sites is 1. The second kappa shape index (κ2) is 7.53. The van der Waals surface area contributed by atoms with Gasteiger partial charge in [0.2, 0.25) is 10.0 Å². The largest absolute Gasteiger partial charge is 0.496 e. The number of sulfonamides is 1. The molecule has 3 rings (SSSR count). The van der Waals surface area contributed by atoms with E-state index in [9.17, 15) is 8.42 Å². The summed E-state index contributed by atoms with van der Waals surface area (Å²) in [6, 6.07) is 11.0. The molecule has 0 fully saturated rings. The third-order valence-corrected chi connectivity index (χ3v) is 5.10. The van der Waals surface area contributed by atoms with E-state index >= 15 is 0 Å². The lowest BCUT2D eigenvalue weighted by molar-refractivity contribution is 0.416. The molecule has 2 aromatic rings. The number of methoxy groups -OCH3 is 1. The number of hydrogen-bond donors (Lipinski definition) is 2. The highest BCUT2D eigenvalue weighted by Gasteiger charge is 2.21. The van der Waals surface area contributed by atoms with Crippen molar-refractivity contribution in [1.29, 1.82) is 0 Å². The maximum Gasteiger partial charge on any atom is 0.238 e. The van der Waals surface area contributed by atoms with Crippen LogP contribution in [0.4, 0.5) is 0 Å². The number of ether oxygens (including phenoxy) is 1. The lowest BCUT2D eigenvalue weighted by Crippen LogP contribution is -2.16. The Morgan fingerprint density at radius 1 is 1.04 bits per heavy atom. The van der Waals surface area contributed by atoms with Gasteiger partial charge in [-0.15, -0.1) is 12.4 Å². The number of nitrogens with two attached hydrogens (primary N) is 1. The monoisotopic (exact) mass is 368 g/mol.